The number of carbonyl (C=O) groups excluding carboxylic acids is 1. The number of carbonyl (C=O) groups is 1. The van der Waals surface area contributed by atoms with Crippen molar-refractivity contribution < 1.29 is 14.3 Å². The van der Waals surface area contributed by atoms with E-state index in [-0.39, 0.29) is 11.3 Å². The van der Waals surface area contributed by atoms with Crippen molar-refractivity contribution in [1.29, 1.82) is 0 Å². The van der Waals surface area contributed by atoms with Gasteiger partial charge < -0.3 is 5.11 Å². The van der Waals surface area contributed by atoms with Crippen molar-refractivity contribution >= 4 is 11.9 Å². The predicted octanol–water partition coefficient (Wildman–Crippen LogP) is 5.11. The maximum atomic E-state index is 14.1. The largest absolute Gasteiger partial charge is 0.508 e. The molecule has 2 aromatic carbocycles. The van der Waals surface area contributed by atoms with Gasteiger partial charge in [-0.15, -0.1) is 0 Å². The minimum Gasteiger partial charge on any atom is -0.508 e. The molecule has 3 rings (SSSR count). The van der Waals surface area contributed by atoms with Gasteiger partial charge in [-0.1, -0.05) is 30.2 Å². The molecule has 3 heteroatoms. The van der Waals surface area contributed by atoms with Crippen LogP contribution in [0.2, 0.25) is 0 Å². The Bertz CT molecular complexity index is 737. The first-order chi connectivity index (χ1) is 11.2. The minimum atomic E-state index is -0.495. The molecule has 1 aliphatic rings. The second-order valence-electron chi connectivity index (χ2n) is 5.94. The third kappa shape index (κ3) is 3.34. The Labute approximate surface area is 135 Å². The lowest BCUT2D eigenvalue weighted by Crippen LogP contribution is -2.01. The summed E-state index contributed by atoms with van der Waals surface area (Å²) in [4.78, 5) is 10.8. The number of rotatable bonds is 3. The van der Waals surface area contributed by atoms with E-state index in [9.17, 15) is 14.3 Å². The molecule has 0 radical (unpaired) electrons. The van der Waals surface area contributed by atoms with Gasteiger partial charge in [0.15, 0.2) is 6.29 Å². The summed E-state index contributed by atoms with van der Waals surface area (Å²) in [5, 5.41) is 9.52. The van der Waals surface area contributed by atoms with Gasteiger partial charge >= 0.3 is 0 Å². The molecular weight excluding hydrogens is 291 g/mol. The fraction of sp³-hybridized carbons (Fsp3) is 0.250. The summed E-state index contributed by atoms with van der Waals surface area (Å²) in [7, 11) is 0. The van der Waals surface area contributed by atoms with Crippen molar-refractivity contribution in [3.8, 4) is 5.75 Å². The van der Waals surface area contributed by atoms with Crippen LogP contribution in [0.1, 0.15) is 53.6 Å². The number of phenolic OH excluding ortho intramolecular Hbond substituents is 1. The zero-order valence-corrected chi connectivity index (χ0v) is 12.9. The first-order valence-corrected chi connectivity index (χ1v) is 7.95. The summed E-state index contributed by atoms with van der Waals surface area (Å²) in [6.45, 7) is 0. The molecule has 0 aromatic heterocycles. The third-order valence-electron chi connectivity index (χ3n) is 4.38. The number of aldehydes is 1. The van der Waals surface area contributed by atoms with Crippen LogP contribution in [0.4, 0.5) is 4.39 Å². The summed E-state index contributed by atoms with van der Waals surface area (Å²) >= 11 is 0. The predicted molar refractivity (Wildman–Crippen MR) is 89.0 cm³/mol. The van der Waals surface area contributed by atoms with Crippen LogP contribution in [0, 0.1) is 5.82 Å². The van der Waals surface area contributed by atoms with Gasteiger partial charge in [0.1, 0.15) is 11.6 Å². The van der Waals surface area contributed by atoms with Crippen LogP contribution in [0.5, 0.6) is 5.75 Å². The number of aromatic hydroxyl groups is 1. The van der Waals surface area contributed by atoms with E-state index in [4.69, 9.17) is 0 Å². The molecule has 1 aliphatic carbocycles. The minimum absolute atomic E-state index is 0.0763. The third-order valence-corrected chi connectivity index (χ3v) is 4.38. The summed E-state index contributed by atoms with van der Waals surface area (Å²) in [5.74, 6) is -0.283. The molecule has 0 unspecified atom stereocenters. The molecule has 1 N–H and O–H groups in total. The molecule has 1 fully saturated rings. The lowest BCUT2D eigenvalue weighted by molar-refractivity contribution is 0.112. The maximum Gasteiger partial charge on any atom is 0.152 e. The van der Waals surface area contributed by atoms with Gasteiger partial charge in [0.25, 0.3) is 0 Å². The molecule has 2 nitrogen and oxygen atoms in total. The number of allylic oxidation sites excluding steroid dienone is 1. The molecule has 0 atom stereocenters. The Hall–Kier alpha value is -2.42. The standard InChI is InChI=1S/C20H19FO2/c21-19-12-16(6-7-17(19)13-22)20(14-4-2-1-3-5-14)15-8-10-18(23)11-9-15/h6-13,23H,1-5H2. The van der Waals surface area contributed by atoms with Gasteiger partial charge in [-0.2, -0.15) is 0 Å². The Morgan fingerprint density at radius 1 is 0.957 bits per heavy atom. The van der Waals surface area contributed by atoms with Crippen LogP contribution < -0.4 is 0 Å². The summed E-state index contributed by atoms with van der Waals surface area (Å²) in [6.07, 6.45) is 6.07. The van der Waals surface area contributed by atoms with Crippen molar-refractivity contribution in [2.75, 3.05) is 0 Å². The second kappa shape index (κ2) is 6.78. The Balaban J connectivity index is 2.13. The van der Waals surface area contributed by atoms with Crippen molar-refractivity contribution in [1.82, 2.24) is 0 Å². The van der Waals surface area contributed by atoms with E-state index in [1.54, 1.807) is 18.2 Å². The Kier molecular flexibility index (Phi) is 4.56. The number of halogens is 1. The lowest BCUT2D eigenvalue weighted by Gasteiger charge is -2.20. The number of benzene rings is 2. The smallest absolute Gasteiger partial charge is 0.152 e. The van der Waals surface area contributed by atoms with Crippen molar-refractivity contribution in [2.24, 2.45) is 0 Å². The van der Waals surface area contributed by atoms with Crippen molar-refractivity contribution in [3.63, 3.8) is 0 Å². The van der Waals surface area contributed by atoms with Gasteiger partial charge in [-0.05, 0) is 66.6 Å². The van der Waals surface area contributed by atoms with Gasteiger partial charge in [-0.3, -0.25) is 4.79 Å². The molecule has 2 aromatic rings. The fourth-order valence-corrected chi connectivity index (χ4v) is 3.21. The monoisotopic (exact) mass is 310 g/mol. The summed E-state index contributed by atoms with van der Waals surface area (Å²) < 4.78 is 14.1. The van der Waals surface area contributed by atoms with Crippen LogP contribution in [0.25, 0.3) is 5.57 Å². The average Bonchev–Trinajstić information content (AvgIpc) is 2.58. The van der Waals surface area contributed by atoms with Gasteiger partial charge in [0.05, 0.1) is 5.56 Å². The quantitative estimate of drug-likeness (QED) is 0.800. The second-order valence-corrected chi connectivity index (χ2v) is 5.94. The average molecular weight is 310 g/mol. The molecule has 1 saturated carbocycles. The fourth-order valence-electron chi connectivity index (χ4n) is 3.21. The molecular formula is C20H19FO2. The summed E-state index contributed by atoms with van der Waals surface area (Å²) in [6, 6.07) is 11.8. The van der Waals surface area contributed by atoms with Crippen LogP contribution >= 0.6 is 0 Å². The highest BCUT2D eigenvalue weighted by molar-refractivity contribution is 5.84. The van der Waals surface area contributed by atoms with Crippen molar-refractivity contribution in [3.05, 3.63) is 70.5 Å². The molecule has 0 saturated heterocycles. The highest BCUT2D eigenvalue weighted by Gasteiger charge is 2.16. The topological polar surface area (TPSA) is 37.3 Å². The summed E-state index contributed by atoms with van der Waals surface area (Å²) in [5.41, 5.74) is 4.18. The maximum absolute atomic E-state index is 14.1. The zero-order chi connectivity index (χ0) is 16.2. The van der Waals surface area contributed by atoms with Crippen LogP contribution in [-0.4, -0.2) is 11.4 Å². The van der Waals surface area contributed by atoms with E-state index in [1.165, 1.54) is 24.1 Å². The SMILES string of the molecule is O=Cc1ccc(C(=C2CCCCC2)c2ccc(O)cc2)cc1F. The van der Waals surface area contributed by atoms with E-state index >= 15 is 0 Å². The molecule has 0 amide bonds. The van der Waals surface area contributed by atoms with Crippen LogP contribution in [-0.2, 0) is 0 Å². The zero-order valence-electron chi connectivity index (χ0n) is 12.9. The number of hydrogen-bond donors (Lipinski definition) is 1. The first-order valence-electron chi connectivity index (χ1n) is 7.95. The van der Waals surface area contributed by atoms with E-state index in [0.29, 0.717) is 6.29 Å². The van der Waals surface area contributed by atoms with Crippen molar-refractivity contribution in [2.45, 2.75) is 32.1 Å². The molecule has 0 bridgehead atoms. The van der Waals surface area contributed by atoms with Crippen LogP contribution in [0.15, 0.2) is 48.0 Å². The Morgan fingerprint density at radius 2 is 1.61 bits per heavy atom. The molecule has 0 spiro atoms. The van der Waals surface area contributed by atoms with E-state index in [2.05, 4.69) is 0 Å². The normalized spacial score (nSPS) is 14.6. The van der Waals surface area contributed by atoms with Gasteiger partial charge in [-0.25, -0.2) is 4.39 Å². The molecule has 0 heterocycles. The van der Waals surface area contributed by atoms with Gasteiger partial charge in [0.2, 0.25) is 0 Å². The number of phenols is 1. The van der Waals surface area contributed by atoms with E-state index in [0.717, 1.165) is 42.4 Å². The van der Waals surface area contributed by atoms with Gasteiger partial charge in [0, 0.05) is 0 Å². The highest BCUT2D eigenvalue weighted by atomic mass is 19.1. The first kappa shape index (κ1) is 15.5. The molecule has 23 heavy (non-hydrogen) atoms. The molecule has 0 aliphatic heterocycles. The highest BCUT2D eigenvalue weighted by Crippen LogP contribution is 2.35. The Morgan fingerprint density at radius 3 is 2.22 bits per heavy atom. The molecule has 118 valence electrons. The number of hydrogen-bond acceptors (Lipinski definition) is 2. The van der Waals surface area contributed by atoms with Crippen LogP contribution in [0.3, 0.4) is 0 Å². The van der Waals surface area contributed by atoms with E-state index < -0.39 is 5.82 Å². The lowest BCUT2D eigenvalue weighted by atomic mass is 9.85. The van der Waals surface area contributed by atoms with E-state index in [1.807, 2.05) is 12.1 Å².